The van der Waals surface area contributed by atoms with E-state index in [2.05, 4.69) is 42.0 Å². The Morgan fingerprint density at radius 1 is 1.00 bits per heavy atom. The third-order valence-corrected chi connectivity index (χ3v) is 6.64. The van der Waals surface area contributed by atoms with Gasteiger partial charge in [0.1, 0.15) is 5.56 Å². The third kappa shape index (κ3) is 4.79. The third-order valence-electron chi connectivity index (χ3n) is 5.78. The average Bonchev–Trinajstić information content (AvgIpc) is 2.78. The largest absolute Gasteiger partial charge is 0.342 e. The first kappa shape index (κ1) is 23.0. The summed E-state index contributed by atoms with van der Waals surface area (Å²) in [4.78, 5) is 26.7. The minimum Gasteiger partial charge on any atom is -0.342 e. The molecule has 4 nitrogen and oxygen atoms in total. The highest BCUT2D eigenvalue weighted by Crippen LogP contribution is 2.34. The molecule has 0 aliphatic rings. The summed E-state index contributed by atoms with van der Waals surface area (Å²) in [7, 11) is 0. The highest BCUT2D eigenvalue weighted by molar-refractivity contribution is 9.10. The number of nitrogens with one attached hydrogen (secondary N) is 1. The lowest BCUT2D eigenvalue weighted by Gasteiger charge is -2.24. The quantitative estimate of drug-likeness (QED) is 0.338. The van der Waals surface area contributed by atoms with Gasteiger partial charge in [-0.3, -0.25) is 9.59 Å². The first-order valence-electron chi connectivity index (χ1n) is 10.9. The second-order valence-corrected chi connectivity index (χ2v) is 10.2. The van der Waals surface area contributed by atoms with Gasteiger partial charge in [-0.25, -0.2) is 0 Å². The van der Waals surface area contributed by atoms with Gasteiger partial charge in [0, 0.05) is 28.3 Å². The van der Waals surface area contributed by atoms with E-state index < -0.39 is 5.91 Å². The lowest BCUT2D eigenvalue weighted by molar-refractivity contribution is 0.102. The number of para-hydroxylation sites is 1. The fourth-order valence-corrected chi connectivity index (χ4v) is 4.36. The maximum Gasteiger partial charge on any atom is 0.261 e. The zero-order valence-electron chi connectivity index (χ0n) is 19.3. The number of carbonyl (C=O) groups is 1. The molecule has 0 aliphatic carbocycles. The Hall–Kier alpha value is -3.18. The first-order chi connectivity index (χ1) is 15.6. The predicted octanol–water partition coefficient (Wildman–Crippen LogP) is 6.67. The van der Waals surface area contributed by atoms with Gasteiger partial charge in [-0.1, -0.05) is 79.2 Å². The summed E-state index contributed by atoms with van der Waals surface area (Å²) in [6, 6.07) is 21.4. The van der Waals surface area contributed by atoms with Crippen LogP contribution >= 0.6 is 15.9 Å². The summed E-state index contributed by atoms with van der Waals surface area (Å²) in [5, 5.41) is 3.56. The molecule has 1 heterocycles. The van der Waals surface area contributed by atoms with Crippen LogP contribution in [0.25, 0.3) is 10.9 Å². The molecule has 0 radical (unpaired) electrons. The number of aryl methyl sites for hydroxylation is 1. The van der Waals surface area contributed by atoms with Crippen molar-refractivity contribution in [2.24, 2.45) is 0 Å². The van der Waals surface area contributed by atoms with Gasteiger partial charge in [-0.15, -0.1) is 0 Å². The SMILES string of the molecule is Cc1cc(NC(=O)c2cn(Cc3ccccc3)c3ccccc3c2=O)c(C(C)(C)C)cc1Br. The summed E-state index contributed by atoms with van der Waals surface area (Å²) in [6.45, 7) is 8.84. The topological polar surface area (TPSA) is 51.1 Å². The highest BCUT2D eigenvalue weighted by atomic mass is 79.9. The molecule has 4 aromatic rings. The second kappa shape index (κ2) is 8.99. The van der Waals surface area contributed by atoms with E-state index >= 15 is 0 Å². The number of fused-ring (bicyclic) bond motifs is 1. The van der Waals surface area contributed by atoms with Crippen LogP contribution in [-0.4, -0.2) is 10.5 Å². The smallest absolute Gasteiger partial charge is 0.261 e. The molecule has 0 saturated heterocycles. The summed E-state index contributed by atoms with van der Waals surface area (Å²) < 4.78 is 2.96. The minimum absolute atomic E-state index is 0.130. The maximum absolute atomic E-state index is 13.4. The van der Waals surface area contributed by atoms with E-state index in [0.29, 0.717) is 11.9 Å². The van der Waals surface area contributed by atoms with Crippen molar-refractivity contribution >= 4 is 38.4 Å². The number of hydrogen-bond donors (Lipinski definition) is 1. The van der Waals surface area contributed by atoms with Crippen LogP contribution in [0.1, 0.15) is 47.8 Å². The van der Waals surface area contributed by atoms with E-state index in [1.807, 2.05) is 72.2 Å². The molecule has 168 valence electrons. The molecular formula is C28H27BrN2O2. The molecule has 5 heteroatoms. The number of benzene rings is 3. The number of amides is 1. The van der Waals surface area contributed by atoms with Gasteiger partial charge < -0.3 is 9.88 Å². The fourth-order valence-electron chi connectivity index (χ4n) is 4.01. The van der Waals surface area contributed by atoms with Crippen LogP contribution in [0.2, 0.25) is 0 Å². The van der Waals surface area contributed by atoms with Gasteiger partial charge in [0.2, 0.25) is 5.43 Å². The number of halogens is 1. The number of aromatic nitrogens is 1. The van der Waals surface area contributed by atoms with Crippen molar-refractivity contribution in [2.45, 2.75) is 39.7 Å². The average molecular weight is 503 g/mol. The number of pyridine rings is 1. The van der Waals surface area contributed by atoms with Gasteiger partial charge in [0.25, 0.3) is 5.91 Å². The number of hydrogen-bond acceptors (Lipinski definition) is 2. The molecule has 0 unspecified atom stereocenters. The molecule has 0 atom stereocenters. The maximum atomic E-state index is 13.4. The van der Waals surface area contributed by atoms with Crippen LogP contribution < -0.4 is 10.7 Å². The summed E-state index contributed by atoms with van der Waals surface area (Å²) in [6.07, 6.45) is 1.68. The van der Waals surface area contributed by atoms with E-state index in [4.69, 9.17) is 0 Å². The summed E-state index contributed by atoms with van der Waals surface area (Å²) in [5.41, 5.74) is 4.31. The van der Waals surface area contributed by atoms with Crippen molar-refractivity contribution < 1.29 is 4.79 Å². The molecule has 4 rings (SSSR count). The van der Waals surface area contributed by atoms with E-state index in [1.165, 1.54) is 0 Å². The van der Waals surface area contributed by atoms with Crippen LogP contribution in [0.3, 0.4) is 0 Å². The lowest BCUT2D eigenvalue weighted by atomic mass is 9.85. The number of carbonyl (C=O) groups excluding carboxylic acids is 1. The molecule has 0 bridgehead atoms. The molecule has 0 saturated carbocycles. The van der Waals surface area contributed by atoms with Crippen molar-refractivity contribution in [1.82, 2.24) is 4.57 Å². The zero-order chi connectivity index (χ0) is 23.8. The molecule has 0 aliphatic heterocycles. The van der Waals surface area contributed by atoms with Crippen LogP contribution in [0.5, 0.6) is 0 Å². The van der Waals surface area contributed by atoms with E-state index in [-0.39, 0.29) is 16.4 Å². The normalized spacial score (nSPS) is 11.5. The Labute approximate surface area is 202 Å². The summed E-state index contributed by atoms with van der Waals surface area (Å²) >= 11 is 3.60. The van der Waals surface area contributed by atoms with Crippen molar-refractivity contribution in [2.75, 3.05) is 5.32 Å². The first-order valence-corrected chi connectivity index (χ1v) is 11.7. The van der Waals surface area contributed by atoms with Gasteiger partial charge in [-0.2, -0.15) is 0 Å². The molecule has 3 aromatic carbocycles. The second-order valence-electron chi connectivity index (χ2n) is 9.35. The van der Waals surface area contributed by atoms with E-state index in [1.54, 1.807) is 12.3 Å². The van der Waals surface area contributed by atoms with Gasteiger partial charge >= 0.3 is 0 Å². The minimum atomic E-state index is -0.403. The highest BCUT2D eigenvalue weighted by Gasteiger charge is 2.22. The summed E-state index contributed by atoms with van der Waals surface area (Å²) in [5.74, 6) is -0.403. The Balaban J connectivity index is 1.81. The number of nitrogens with zero attached hydrogens (tertiary/aromatic N) is 1. The van der Waals surface area contributed by atoms with Crippen LogP contribution in [0.4, 0.5) is 5.69 Å². The Morgan fingerprint density at radius 3 is 2.36 bits per heavy atom. The molecule has 0 fully saturated rings. The fraction of sp³-hybridized carbons (Fsp3) is 0.214. The molecular weight excluding hydrogens is 476 g/mol. The van der Waals surface area contributed by atoms with Gasteiger partial charge in [0.05, 0.1) is 5.52 Å². The van der Waals surface area contributed by atoms with Crippen LogP contribution in [0.15, 0.2) is 82.2 Å². The lowest BCUT2D eigenvalue weighted by Crippen LogP contribution is -2.25. The molecule has 1 aromatic heterocycles. The van der Waals surface area contributed by atoms with E-state index in [0.717, 1.165) is 32.4 Å². The molecule has 33 heavy (non-hydrogen) atoms. The van der Waals surface area contributed by atoms with Crippen molar-refractivity contribution in [1.29, 1.82) is 0 Å². The Bertz CT molecular complexity index is 1400. The van der Waals surface area contributed by atoms with Gasteiger partial charge in [-0.05, 0) is 53.3 Å². The molecule has 0 spiro atoms. The standard InChI is InChI=1S/C28H27BrN2O2/c1-18-14-24(22(15-23(18)29)28(2,3)4)30-27(33)21-17-31(16-19-10-6-5-7-11-19)25-13-9-8-12-20(25)26(21)32/h5-15,17H,16H2,1-4H3,(H,30,33). The molecule has 1 amide bonds. The monoisotopic (exact) mass is 502 g/mol. The van der Waals surface area contributed by atoms with Crippen molar-refractivity contribution in [3.8, 4) is 0 Å². The predicted molar refractivity (Wildman–Crippen MR) is 139 cm³/mol. The number of anilines is 1. The molecule has 1 N–H and O–H groups in total. The van der Waals surface area contributed by atoms with Crippen molar-refractivity contribution in [3.63, 3.8) is 0 Å². The number of rotatable bonds is 4. The Kier molecular flexibility index (Phi) is 6.26. The zero-order valence-corrected chi connectivity index (χ0v) is 20.9. The Morgan fingerprint density at radius 2 is 1.67 bits per heavy atom. The van der Waals surface area contributed by atoms with E-state index in [9.17, 15) is 9.59 Å². The van der Waals surface area contributed by atoms with Gasteiger partial charge in [0.15, 0.2) is 0 Å². The van der Waals surface area contributed by atoms with Crippen LogP contribution in [0, 0.1) is 6.92 Å². The van der Waals surface area contributed by atoms with Crippen molar-refractivity contribution in [3.05, 3.63) is 110 Å². The van der Waals surface area contributed by atoms with Crippen LogP contribution in [-0.2, 0) is 12.0 Å².